The van der Waals surface area contributed by atoms with Gasteiger partial charge in [-0.25, -0.2) is 0 Å². The fraction of sp³-hybridized carbons (Fsp3) is 0.545. The number of nitrogens with two attached hydrogens (primary N) is 1. The summed E-state index contributed by atoms with van der Waals surface area (Å²) in [6.45, 7) is 6.92. The number of rotatable bonds is 8. The van der Waals surface area contributed by atoms with Crippen LogP contribution in [0.25, 0.3) is 0 Å². The first kappa shape index (κ1) is 31.2. The van der Waals surface area contributed by atoms with Gasteiger partial charge in [0.1, 0.15) is 5.41 Å². The van der Waals surface area contributed by atoms with Crippen molar-refractivity contribution in [3.63, 3.8) is 0 Å². The highest BCUT2D eigenvalue weighted by molar-refractivity contribution is 6.04. The van der Waals surface area contributed by atoms with Gasteiger partial charge in [0.05, 0.1) is 13.2 Å². The molecule has 7 N–H and O–H groups in total. The molecule has 0 aromatic heterocycles. The lowest BCUT2D eigenvalue weighted by Gasteiger charge is -2.35. The van der Waals surface area contributed by atoms with E-state index in [-0.39, 0.29) is 19.6 Å². The minimum Gasteiger partial charge on any atom is -0.480 e. The summed E-state index contributed by atoms with van der Waals surface area (Å²) in [6, 6.07) is 6.61. The highest BCUT2D eigenvalue weighted by Gasteiger charge is 2.51. The van der Waals surface area contributed by atoms with Gasteiger partial charge >= 0.3 is 5.97 Å². The van der Waals surface area contributed by atoms with Crippen LogP contribution in [0.15, 0.2) is 24.3 Å². The third kappa shape index (κ3) is 11.4. The zero-order valence-electron chi connectivity index (χ0n) is 19.4. The van der Waals surface area contributed by atoms with Crippen molar-refractivity contribution in [3.8, 4) is 0 Å². The molecular formula is C22H38N4O6. The number of amides is 3. The minimum absolute atomic E-state index is 0.0818. The SMILES string of the molecule is CC.CCCNC.NC=O.O=C(CNC(=O)C1(C(=O)O)CCC1)Nc1ccc(CO)cc1. The Morgan fingerprint density at radius 2 is 1.69 bits per heavy atom. The van der Waals surface area contributed by atoms with Crippen molar-refractivity contribution in [1.29, 1.82) is 0 Å². The van der Waals surface area contributed by atoms with Crippen LogP contribution in [0.3, 0.4) is 0 Å². The molecule has 1 aromatic rings. The Morgan fingerprint density at radius 3 is 2.00 bits per heavy atom. The number of anilines is 1. The van der Waals surface area contributed by atoms with E-state index in [1.165, 1.54) is 6.42 Å². The van der Waals surface area contributed by atoms with E-state index in [9.17, 15) is 14.4 Å². The Labute approximate surface area is 190 Å². The molecule has 2 rings (SSSR count). The molecule has 0 aliphatic heterocycles. The zero-order chi connectivity index (χ0) is 25.0. The number of carboxylic acid groups (broad SMARTS) is 1. The molecule has 1 saturated carbocycles. The fourth-order valence-electron chi connectivity index (χ4n) is 2.55. The van der Waals surface area contributed by atoms with Crippen molar-refractivity contribution < 1.29 is 29.4 Å². The van der Waals surface area contributed by atoms with Gasteiger partial charge in [-0.05, 0) is 50.6 Å². The number of carbonyl (C=O) groups is 4. The molecule has 10 heteroatoms. The number of benzene rings is 1. The number of aliphatic hydroxyl groups excluding tert-OH is 1. The molecule has 3 amide bonds. The lowest BCUT2D eigenvalue weighted by atomic mass is 9.68. The molecule has 0 saturated heterocycles. The van der Waals surface area contributed by atoms with Gasteiger partial charge < -0.3 is 31.9 Å². The van der Waals surface area contributed by atoms with Crippen molar-refractivity contribution in [3.05, 3.63) is 29.8 Å². The number of nitrogens with one attached hydrogen (secondary N) is 3. The molecule has 1 aromatic carbocycles. The average molecular weight is 455 g/mol. The summed E-state index contributed by atoms with van der Waals surface area (Å²) >= 11 is 0. The number of carboxylic acids is 1. The average Bonchev–Trinajstić information content (AvgIpc) is 2.75. The largest absolute Gasteiger partial charge is 0.480 e. The van der Waals surface area contributed by atoms with Gasteiger partial charge in [-0.1, -0.05) is 39.3 Å². The minimum atomic E-state index is -1.37. The number of hydrogen-bond acceptors (Lipinski definition) is 6. The van der Waals surface area contributed by atoms with E-state index < -0.39 is 23.2 Å². The van der Waals surface area contributed by atoms with E-state index >= 15 is 0 Å². The molecule has 1 aliphatic rings. The van der Waals surface area contributed by atoms with Gasteiger partial charge in [-0.3, -0.25) is 19.2 Å². The van der Waals surface area contributed by atoms with Crippen molar-refractivity contribution >= 4 is 29.9 Å². The smallest absolute Gasteiger partial charge is 0.319 e. The predicted octanol–water partition coefficient (Wildman–Crippen LogP) is 1.23. The summed E-state index contributed by atoms with van der Waals surface area (Å²) in [7, 11) is 1.96. The molecular weight excluding hydrogens is 416 g/mol. The molecule has 0 spiro atoms. The lowest BCUT2D eigenvalue weighted by Crippen LogP contribution is -2.52. The van der Waals surface area contributed by atoms with Gasteiger partial charge in [-0.15, -0.1) is 0 Å². The van der Waals surface area contributed by atoms with Crippen LogP contribution in [0.1, 0.15) is 52.0 Å². The van der Waals surface area contributed by atoms with E-state index in [0.29, 0.717) is 24.9 Å². The van der Waals surface area contributed by atoms with Crippen molar-refractivity contribution in [2.75, 3.05) is 25.5 Å². The lowest BCUT2D eigenvalue weighted by molar-refractivity contribution is -0.162. The summed E-state index contributed by atoms with van der Waals surface area (Å²) in [6.07, 6.45) is 2.79. The van der Waals surface area contributed by atoms with Crippen molar-refractivity contribution in [2.45, 2.75) is 53.1 Å². The van der Waals surface area contributed by atoms with Crippen LogP contribution in [0.5, 0.6) is 0 Å². The Kier molecular flexibility index (Phi) is 18.3. The fourth-order valence-corrected chi connectivity index (χ4v) is 2.55. The number of carbonyl (C=O) groups excluding carboxylic acids is 3. The van der Waals surface area contributed by atoms with E-state index in [1.807, 2.05) is 20.9 Å². The number of hydrogen-bond donors (Lipinski definition) is 6. The molecule has 0 unspecified atom stereocenters. The van der Waals surface area contributed by atoms with Crippen LogP contribution >= 0.6 is 0 Å². The standard InChI is InChI=1S/C15H18N2O5.C4H11N.C2H6.CH3NO/c18-9-10-2-4-11(5-3-10)17-12(19)8-16-13(20)15(14(21)22)6-1-7-15;1-3-4-5-2;1-2;2-1-3/h2-5,18H,1,6-9H2,(H,16,20)(H,17,19)(H,21,22);5H,3-4H2,1-2H3;1-2H3;1H,(H2,2,3). The number of aliphatic hydroxyl groups is 1. The maximum atomic E-state index is 11.9. The Hall–Kier alpha value is -2.98. The molecule has 0 bridgehead atoms. The second-order valence-corrected chi connectivity index (χ2v) is 6.57. The molecule has 182 valence electrons. The topological polar surface area (TPSA) is 171 Å². The molecule has 1 aliphatic carbocycles. The quantitative estimate of drug-likeness (QED) is 0.253. The molecule has 1 fully saturated rings. The molecule has 0 atom stereocenters. The van der Waals surface area contributed by atoms with Crippen LogP contribution in [-0.2, 0) is 25.8 Å². The van der Waals surface area contributed by atoms with Gasteiger partial charge in [0.25, 0.3) is 0 Å². The predicted molar refractivity (Wildman–Crippen MR) is 124 cm³/mol. The summed E-state index contributed by atoms with van der Waals surface area (Å²) < 4.78 is 0. The monoisotopic (exact) mass is 454 g/mol. The van der Waals surface area contributed by atoms with Crippen LogP contribution < -0.4 is 21.7 Å². The second-order valence-electron chi connectivity index (χ2n) is 6.57. The molecule has 10 nitrogen and oxygen atoms in total. The first-order valence-corrected chi connectivity index (χ1v) is 10.6. The van der Waals surface area contributed by atoms with Gasteiger partial charge in [0.15, 0.2) is 0 Å². The zero-order valence-corrected chi connectivity index (χ0v) is 19.4. The normalized spacial score (nSPS) is 12.5. The third-order valence-corrected chi connectivity index (χ3v) is 4.38. The van der Waals surface area contributed by atoms with Crippen molar-refractivity contribution in [1.82, 2.24) is 10.6 Å². The summed E-state index contributed by atoms with van der Waals surface area (Å²) in [5, 5.41) is 26.0. The highest BCUT2D eigenvalue weighted by Crippen LogP contribution is 2.41. The van der Waals surface area contributed by atoms with E-state index in [4.69, 9.17) is 15.0 Å². The van der Waals surface area contributed by atoms with Gasteiger partial charge in [0.2, 0.25) is 18.2 Å². The Balaban J connectivity index is 0. The van der Waals surface area contributed by atoms with Crippen LogP contribution in [-0.4, -0.2) is 54.5 Å². The second kappa shape index (κ2) is 18.8. The first-order chi connectivity index (χ1) is 15.3. The van der Waals surface area contributed by atoms with Gasteiger partial charge in [0, 0.05) is 5.69 Å². The van der Waals surface area contributed by atoms with Crippen molar-refractivity contribution in [2.24, 2.45) is 11.1 Å². The summed E-state index contributed by atoms with van der Waals surface area (Å²) in [4.78, 5) is 43.4. The Morgan fingerprint density at radius 1 is 1.16 bits per heavy atom. The number of primary amides is 1. The summed E-state index contributed by atoms with van der Waals surface area (Å²) in [5.41, 5.74) is 4.05. The van der Waals surface area contributed by atoms with E-state index in [1.54, 1.807) is 24.3 Å². The maximum absolute atomic E-state index is 11.9. The maximum Gasteiger partial charge on any atom is 0.319 e. The van der Waals surface area contributed by atoms with E-state index in [0.717, 1.165) is 12.1 Å². The molecule has 0 radical (unpaired) electrons. The van der Waals surface area contributed by atoms with Crippen LogP contribution in [0.4, 0.5) is 5.69 Å². The third-order valence-electron chi connectivity index (χ3n) is 4.38. The molecule has 32 heavy (non-hydrogen) atoms. The van der Waals surface area contributed by atoms with E-state index in [2.05, 4.69) is 28.6 Å². The van der Waals surface area contributed by atoms with Gasteiger partial charge in [-0.2, -0.15) is 0 Å². The highest BCUT2D eigenvalue weighted by atomic mass is 16.4. The Bertz CT molecular complexity index is 674. The van der Waals surface area contributed by atoms with Crippen LogP contribution in [0.2, 0.25) is 0 Å². The first-order valence-electron chi connectivity index (χ1n) is 10.6. The molecule has 0 heterocycles. The number of aliphatic carboxylic acids is 1. The van der Waals surface area contributed by atoms with Crippen LogP contribution in [0, 0.1) is 5.41 Å². The summed E-state index contributed by atoms with van der Waals surface area (Å²) in [5.74, 6) is -2.20.